The maximum atomic E-state index is 12.3. The number of ether oxygens (including phenoxy) is 1. The molecule has 0 aliphatic heterocycles. The zero-order valence-electron chi connectivity index (χ0n) is 13.1. The van der Waals surface area contributed by atoms with Gasteiger partial charge in [0.05, 0.1) is 28.2 Å². The van der Waals surface area contributed by atoms with E-state index in [1.165, 1.54) is 6.92 Å². The second kappa shape index (κ2) is 5.91. The molecule has 0 atom stereocenters. The summed E-state index contributed by atoms with van der Waals surface area (Å²) in [6.07, 6.45) is -1.17. The highest BCUT2D eigenvalue weighted by atomic mass is 17.0. The van der Waals surface area contributed by atoms with E-state index >= 15 is 0 Å². The van der Waals surface area contributed by atoms with E-state index in [-0.39, 0.29) is 32.7 Å². The smallest absolute Gasteiger partial charge is 0.424 e. The van der Waals surface area contributed by atoms with Crippen molar-refractivity contribution in [2.24, 2.45) is 0 Å². The van der Waals surface area contributed by atoms with Gasteiger partial charge in [0.2, 0.25) is 0 Å². The molecule has 0 amide bonds. The van der Waals surface area contributed by atoms with Gasteiger partial charge in [-0.25, -0.2) is 9.36 Å². The summed E-state index contributed by atoms with van der Waals surface area (Å²) >= 11 is 0. The quantitative estimate of drug-likeness (QED) is 0.422. The lowest BCUT2D eigenvalue weighted by molar-refractivity contribution is -0.767. The topological polar surface area (TPSA) is 157 Å². The Hall–Kier alpha value is -3.83. The highest BCUT2D eigenvalue weighted by Crippen LogP contribution is 2.14. The van der Waals surface area contributed by atoms with E-state index < -0.39 is 40.1 Å². The minimum absolute atomic E-state index is 0.0644. The van der Waals surface area contributed by atoms with E-state index in [0.717, 1.165) is 12.1 Å². The first-order valence-electron chi connectivity index (χ1n) is 7.15. The number of carbonyl (C=O) groups is 1. The van der Waals surface area contributed by atoms with Crippen molar-refractivity contribution in [2.45, 2.75) is 13.7 Å². The minimum Gasteiger partial charge on any atom is -0.449 e. The molecule has 0 aliphatic carbocycles. The van der Waals surface area contributed by atoms with Crippen molar-refractivity contribution in [3.05, 3.63) is 63.7 Å². The summed E-state index contributed by atoms with van der Waals surface area (Å²) in [5, 5.41) is 8.11. The number of fused-ring (bicyclic) bond motifs is 2. The molecule has 0 unspecified atom stereocenters. The molecule has 3 aromatic rings. The van der Waals surface area contributed by atoms with Gasteiger partial charge in [-0.3, -0.25) is 24.0 Å². The fourth-order valence-electron chi connectivity index (χ4n) is 2.60. The summed E-state index contributed by atoms with van der Waals surface area (Å²) in [4.78, 5) is 75.0. The van der Waals surface area contributed by atoms with Crippen LogP contribution >= 0.6 is 0 Å². The molecular formula is C14H9N3O9. The zero-order valence-corrected chi connectivity index (χ0v) is 13.1. The van der Waals surface area contributed by atoms with Crippen LogP contribution in [-0.2, 0) is 16.3 Å². The first-order chi connectivity index (χ1) is 12.3. The summed E-state index contributed by atoms with van der Waals surface area (Å²) in [6.45, 7) is 0.496. The molecule has 0 aliphatic rings. The molecule has 12 heteroatoms. The van der Waals surface area contributed by atoms with Crippen LogP contribution in [0.25, 0.3) is 21.5 Å². The second-order valence-corrected chi connectivity index (χ2v) is 5.11. The predicted molar refractivity (Wildman–Crippen MR) is 85.4 cm³/mol. The van der Waals surface area contributed by atoms with Crippen LogP contribution in [0.5, 0.6) is 0 Å². The number of rotatable bonds is 4. The molecule has 0 bridgehead atoms. The summed E-state index contributed by atoms with van der Waals surface area (Å²) in [7, 11) is 0. The lowest BCUT2D eigenvalue weighted by Crippen LogP contribution is -2.33. The number of nitrogens with zero attached hydrogens (tertiary/aromatic N) is 3. The van der Waals surface area contributed by atoms with Crippen molar-refractivity contribution >= 4 is 27.6 Å². The molecule has 12 nitrogen and oxygen atoms in total. The lowest BCUT2D eigenvalue weighted by Gasteiger charge is -1.98. The number of hydrogen-bond acceptors (Lipinski definition) is 9. The predicted octanol–water partition coefficient (Wildman–Crippen LogP) is -0.917. The molecule has 3 rings (SSSR count). The first kappa shape index (κ1) is 17.0. The van der Waals surface area contributed by atoms with Gasteiger partial charge in [-0.1, -0.05) is 0 Å². The van der Waals surface area contributed by atoms with Crippen molar-refractivity contribution in [2.75, 3.05) is 6.61 Å². The summed E-state index contributed by atoms with van der Waals surface area (Å²) in [6, 6.07) is 1.99. The zero-order chi connectivity index (χ0) is 19.2. The van der Waals surface area contributed by atoms with Crippen LogP contribution in [-0.4, -0.2) is 26.9 Å². The summed E-state index contributed by atoms with van der Waals surface area (Å²) in [5.74, 6) is 0. The molecular weight excluding hydrogens is 354 g/mol. The summed E-state index contributed by atoms with van der Waals surface area (Å²) in [5.41, 5.74) is -3.84. The Labute approximate surface area is 141 Å². The van der Waals surface area contributed by atoms with Crippen LogP contribution in [0.2, 0.25) is 0 Å². The Bertz CT molecular complexity index is 1190. The third-order valence-electron chi connectivity index (χ3n) is 3.72. The van der Waals surface area contributed by atoms with Crippen molar-refractivity contribution in [1.82, 2.24) is 9.13 Å². The van der Waals surface area contributed by atoms with Crippen LogP contribution in [0.3, 0.4) is 0 Å². The van der Waals surface area contributed by atoms with Crippen molar-refractivity contribution < 1.29 is 19.5 Å². The van der Waals surface area contributed by atoms with E-state index in [1.807, 2.05) is 0 Å². The van der Waals surface area contributed by atoms with Crippen LogP contribution < -0.4 is 22.2 Å². The molecule has 0 fully saturated rings. The minimum atomic E-state index is -1.17. The van der Waals surface area contributed by atoms with Gasteiger partial charge in [-0.05, 0) is 19.1 Å². The average molecular weight is 363 g/mol. The Morgan fingerprint density at radius 1 is 1.00 bits per heavy atom. The lowest BCUT2D eigenvalue weighted by atomic mass is 10.1. The second-order valence-electron chi connectivity index (χ2n) is 5.11. The van der Waals surface area contributed by atoms with Gasteiger partial charge in [0.25, 0.3) is 27.3 Å². The number of carbonyl (C=O) groups excluding carboxylic acids is 1. The van der Waals surface area contributed by atoms with Gasteiger partial charge in [0, 0.05) is 0 Å². The summed E-state index contributed by atoms with van der Waals surface area (Å²) < 4.78 is 5.36. The highest BCUT2D eigenvalue weighted by Gasteiger charge is 2.23. The fraction of sp³-hybridized carbons (Fsp3) is 0.214. The third-order valence-corrected chi connectivity index (χ3v) is 3.72. The Kier molecular flexibility index (Phi) is 3.87. The number of aromatic nitrogens is 2. The SMILES string of the molecule is CCOC(=O)n1c(=O)c2cc3c(=O)n(CO[N+](=O)[O-])c(=O)c3cc2c1=O. The number of hydrogen-bond donors (Lipinski definition) is 0. The highest BCUT2D eigenvalue weighted by molar-refractivity contribution is 5.99. The van der Waals surface area contributed by atoms with Gasteiger partial charge in [0.15, 0.2) is 6.73 Å². The third kappa shape index (κ3) is 2.35. The van der Waals surface area contributed by atoms with Crippen LogP contribution in [0.15, 0.2) is 31.3 Å². The standard InChI is InChI=1S/C14H9N3O9/c1-2-25-14(22)16-12(20)8-3-6-7(4-9(8)13(16)21)11(19)15(10(6)18)5-26-17(23)24/h3-4H,2,5H2,1H3. The molecule has 1 aromatic carbocycles. The molecule has 2 heterocycles. The molecule has 0 saturated heterocycles. The van der Waals surface area contributed by atoms with E-state index in [9.17, 15) is 34.1 Å². The van der Waals surface area contributed by atoms with Gasteiger partial charge in [0.1, 0.15) is 0 Å². The maximum absolute atomic E-state index is 12.3. The van der Waals surface area contributed by atoms with Gasteiger partial charge in [-0.15, -0.1) is 10.1 Å². The molecule has 0 N–H and O–H groups in total. The van der Waals surface area contributed by atoms with Gasteiger partial charge < -0.3 is 4.74 Å². The molecule has 0 saturated carbocycles. The monoisotopic (exact) mass is 363 g/mol. The van der Waals surface area contributed by atoms with Crippen molar-refractivity contribution in [1.29, 1.82) is 0 Å². The molecule has 0 radical (unpaired) electrons. The number of benzene rings is 1. The van der Waals surface area contributed by atoms with Crippen molar-refractivity contribution in [3.63, 3.8) is 0 Å². The van der Waals surface area contributed by atoms with Crippen LogP contribution in [0, 0.1) is 10.1 Å². The van der Waals surface area contributed by atoms with Crippen molar-refractivity contribution in [3.8, 4) is 0 Å². The average Bonchev–Trinajstić information content (AvgIpc) is 2.97. The fourth-order valence-corrected chi connectivity index (χ4v) is 2.60. The normalized spacial score (nSPS) is 11.1. The first-order valence-corrected chi connectivity index (χ1v) is 7.15. The van der Waals surface area contributed by atoms with Gasteiger partial charge in [-0.2, -0.15) is 4.57 Å². The van der Waals surface area contributed by atoms with Crippen LogP contribution in [0.4, 0.5) is 4.79 Å². The van der Waals surface area contributed by atoms with E-state index in [2.05, 4.69) is 9.57 Å². The Morgan fingerprint density at radius 3 is 1.88 bits per heavy atom. The molecule has 26 heavy (non-hydrogen) atoms. The largest absolute Gasteiger partial charge is 0.449 e. The Morgan fingerprint density at radius 2 is 1.46 bits per heavy atom. The van der Waals surface area contributed by atoms with Gasteiger partial charge >= 0.3 is 6.09 Å². The van der Waals surface area contributed by atoms with E-state index in [4.69, 9.17) is 0 Å². The van der Waals surface area contributed by atoms with E-state index in [1.54, 1.807) is 0 Å². The maximum Gasteiger partial charge on any atom is 0.424 e. The molecule has 134 valence electrons. The van der Waals surface area contributed by atoms with Crippen LogP contribution in [0.1, 0.15) is 6.92 Å². The molecule has 2 aromatic heterocycles. The van der Waals surface area contributed by atoms with E-state index in [0.29, 0.717) is 4.57 Å². The molecule has 0 spiro atoms. The Balaban J connectivity index is 2.31.